The lowest BCUT2D eigenvalue weighted by molar-refractivity contribution is 0.0743. The van der Waals surface area contributed by atoms with Crippen molar-refractivity contribution in [3.63, 3.8) is 0 Å². The van der Waals surface area contributed by atoms with Crippen LogP contribution in [-0.4, -0.2) is 43.2 Å². The molecular formula is C13H18Cl2N2OS. The zero-order valence-electron chi connectivity index (χ0n) is 11.0. The van der Waals surface area contributed by atoms with Crippen molar-refractivity contribution in [3.8, 4) is 0 Å². The Bertz CT molecular complexity index is 450. The highest BCUT2D eigenvalue weighted by Gasteiger charge is 2.25. The van der Waals surface area contributed by atoms with Crippen LogP contribution >= 0.6 is 35.8 Å². The molecule has 1 atom stereocenters. The summed E-state index contributed by atoms with van der Waals surface area (Å²) >= 11 is 7.74. The number of carbonyl (C=O) groups is 1. The van der Waals surface area contributed by atoms with E-state index in [0.717, 1.165) is 24.4 Å². The second-order valence-electron chi connectivity index (χ2n) is 4.41. The molecule has 1 aliphatic heterocycles. The van der Waals surface area contributed by atoms with Gasteiger partial charge in [-0.05, 0) is 37.4 Å². The van der Waals surface area contributed by atoms with E-state index in [1.165, 1.54) is 0 Å². The summed E-state index contributed by atoms with van der Waals surface area (Å²) in [6.07, 6.45) is 2.99. The molecule has 2 rings (SSSR count). The maximum atomic E-state index is 12.4. The minimum Gasteiger partial charge on any atom is -0.337 e. The molecule has 1 aliphatic rings. The molecule has 0 bridgehead atoms. The molecule has 19 heavy (non-hydrogen) atoms. The van der Waals surface area contributed by atoms with Crippen molar-refractivity contribution >= 4 is 41.7 Å². The summed E-state index contributed by atoms with van der Waals surface area (Å²) in [6, 6.07) is 5.86. The second-order valence-corrected chi connectivity index (χ2v) is 5.70. The van der Waals surface area contributed by atoms with E-state index in [0.29, 0.717) is 10.6 Å². The van der Waals surface area contributed by atoms with Gasteiger partial charge in [0.15, 0.2) is 0 Å². The molecule has 0 aliphatic carbocycles. The fraction of sp³-hybridized carbons (Fsp3) is 0.462. The highest BCUT2D eigenvalue weighted by atomic mass is 35.5. The Balaban J connectivity index is 0.00000180. The van der Waals surface area contributed by atoms with Gasteiger partial charge in [-0.25, -0.2) is 0 Å². The SMILES string of the molecule is CSc1ccc(Cl)c(C(=O)N(C)C2CCNC2)c1.Cl. The van der Waals surface area contributed by atoms with Crippen LogP contribution in [0.1, 0.15) is 16.8 Å². The predicted octanol–water partition coefficient (Wildman–Crippen LogP) is 2.92. The van der Waals surface area contributed by atoms with Gasteiger partial charge in [0.05, 0.1) is 10.6 Å². The number of benzene rings is 1. The smallest absolute Gasteiger partial charge is 0.255 e. The van der Waals surface area contributed by atoms with Gasteiger partial charge in [-0.3, -0.25) is 4.79 Å². The van der Waals surface area contributed by atoms with Crippen molar-refractivity contribution in [2.45, 2.75) is 17.4 Å². The Hall–Kier alpha value is -0.420. The van der Waals surface area contributed by atoms with Gasteiger partial charge in [-0.15, -0.1) is 24.2 Å². The molecule has 0 spiro atoms. The molecule has 1 aromatic carbocycles. The molecule has 1 aromatic rings. The molecule has 106 valence electrons. The Labute approximate surface area is 129 Å². The number of thioether (sulfide) groups is 1. The molecule has 0 aromatic heterocycles. The first-order chi connectivity index (χ1) is 8.63. The van der Waals surface area contributed by atoms with Crippen LogP contribution in [-0.2, 0) is 0 Å². The number of carbonyl (C=O) groups excluding carboxylic acids is 1. The van der Waals surface area contributed by atoms with Crippen molar-refractivity contribution in [3.05, 3.63) is 28.8 Å². The molecule has 1 amide bonds. The summed E-state index contributed by atoms with van der Waals surface area (Å²) in [5.41, 5.74) is 0.595. The molecule has 0 saturated carbocycles. The third kappa shape index (κ3) is 3.78. The average Bonchev–Trinajstić information content (AvgIpc) is 2.91. The Morgan fingerprint density at radius 2 is 2.26 bits per heavy atom. The first-order valence-corrected chi connectivity index (χ1v) is 7.55. The van der Waals surface area contributed by atoms with E-state index >= 15 is 0 Å². The summed E-state index contributed by atoms with van der Waals surface area (Å²) < 4.78 is 0. The number of rotatable bonds is 3. The van der Waals surface area contributed by atoms with Crippen molar-refractivity contribution in [1.82, 2.24) is 10.2 Å². The van der Waals surface area contributed by atoms with E-state index in [1.807, 2.05) is 25.4 Å². The lowest BCUT2D eigenvalue weighted by Gasteiger charge is -2.24. The molecular weight excluding hydrogens is 303 g/mol. The van der Waals surface area contributed by atoms with E-state index in [2.05, 4.69) is 5.32 Å². The Morgan fingerprint density at radius 1 is 1.53 bits per heavy atom. The zero-order valence-corrected chi connectivity index (χ0v) is 13.4. The van der Waals surface area contributed by atoms with Gasteiger partial charge in [-0.2, -0.15) is 0 Å². The number of hydrogen-bond acceptors (Lipinski definition) is 3. The molecule has 1 fully saturated rings. The van der Waals surface area contributed by atoms with Crippen LogP contribution in [0.4, 0.5) is 0 Å². The minimum atomic E-state index is 0. The molecule has 1 unspecified atom stereocenters. The van der Waals surface area contributed by atoms with Gasteiger partial charge < -0.3 is 10.2 Å². The lowest BCUT2D eigenvalue weighted by Crippen LogP contribution is -2.38. The summed E-state index contributed by atoms with van der Waals surface area (Å²) in [6.45, 7) is 1.84. The van der Waals surface area contributed by atoms with Crippen LogP contribution in [0.3, 0.4) is 0 Å². The van der Waals surface area contributed by atoms with Crippen LogP contribution in [0.15, 0.2) is 23.1 Å². The van der Waals surface area contributed by atoms with Crippen molar-refractivity contribution < 1.29 is 4.79 Å². The first kappa shape index (κ1) is 16.6. The van der Waals surface area contributed by atoms with Gasteiger partial charge in [0.25, 0.3) is 5.91 Å². The highest BCUT2D eigenvalue weighted by molar-refractivity contribution is 7.98. The van der Waals surface area contributed by atoms with Gasteiger partial charge in [0, 0.05) is 24.5 Å². The van der Waals surface area contributed by atoms with E-state index in [9.17, 15) is 4.79 Å². The molecule has 3 nitrogen and oxygen atoms in total. The topological polar surface area (TPSA) is 32.3 Å². The van der Waals surface area contributed by atoms with Gasteiger partial charge >= 0.3 is 0 Å². The van der Waals surface area contributed by atoms with Gasteiger partial charge in [0.2, 0.25) is 0 Å². The summed E-state index contributed by atoms with van der Waals surface area (Å²) in [5.74, 6) is 0.00426. The van der Waals surface area contributed by atoms with Crippen LogP contribution < -0.4 is 5.32 Å². The third-order valence-electron chi connectivity index (χ3n) is 3.31. The van der Waals surface area contributed by atoms with Crippen molar-refractivity contribution in [2.24, 2.45) is 0 Å². The third-order valence-corrected chi connectivity index (χ3v) is 4.36. The molecule has 1 N–H and O–H groups in total. The molecule has 0 radical (unpaired) electrons. The number of likely N-dealkylation sites (N-methyl/N-ethyl adjacent to an activating group) is 1. The minimum absolute atomic E-state index is 0. The number of halogens is 2. The summed E-state index contributed by atoms with van der Waals surface area (Å²) in [5, 5.41) is 3.79. The first-order valence-electron chi connectivity index (χ1n) is 5.95. The Kier molecular flexibility index (Phi) is 6.47. The Morgan fingerprint density at radius 3 is 2.84 bits per heavy atom. The fourth-order valence-corrected chi connectivity index (χ4v) is 2.76. The van der Waals surface area contributed by atoms with Crippen LogP contribution in [0.2, 0.25) is 5.02 Å². The van der Waals surface area contributed by atoms with E-state index in [-0.39, 0.29) is 24.4 Å². The van der Waals surface area contributed by atoms with Crippen molar-refractivity contribution in [1.29, 1.82) is 0 Å². The second kappa shape index (κ2) is 7.39. The molecule has 1 heterocycles. The van der Waals surface area contributed by atoms with Crippen LogP contribution in [0.5, 0.6) is 0 Å². The maximum absolute atomic E-state index is 12.4. The monoisotopic (exact) mass is 320 g/mol. The lowest BCUT2D eigenvalue weighted by atomic mass is 10.1. The fourth-order valence-electron chi connectivity index (χ4n) is 2.12. The van der Waals surface area contributed by atoms with E-state index < -0.39 is 0 Å². The molecule has 1 saturated heterocycles. The predicted molar refractivity (Wildman–Crippen MR) is 83.8 cm³/mol. The van der Waals surface area contributed by atoms with E-state index in [4.69, 9.17) is 11.6 Å². The number of nitrogens with zero attached hydrogens (tertiary/aromatic N) is 1. The molecule has 6 heteroatoms. The maximum Gasteiger partial charge on any atom is 0.255 e. The van der Waals surface area contributed by atoms with Crippen molar-refractivity contribution in [2.75, 3.05) is 26.4 Å². The van der Waals surface area contributed by atoms with Gasteiger partial charge in [-0.1, -0.05) is 11.6 Å². The van der Waals surface area contributed by atoms with E-state index in [1.54, 1.807) is 22.7 Å². The zero-order chi connectivity index (χ0) is 13.1. The number of amides is 1. The summed E-state index contributed by atoms with van der Waals surface area (Å²) in [4.78, 5) is 15.3. The summed E-state index contributed by atoms with van der Waals surface area (Å²) in [7, 11) is 1.85. The number of nitrogens with one attached hydrogen (secondary N) is 1. The van der Waals surface area contributed by atoms with Gasteiger partial charge in [0.1, 0.15) is 0 Å². The standard InChI is InChI=1S/C13H17ClN2OS.ClH/c1-16(9-5-6-15-8-9)13(17)11-7-10(18-2)3-4-12(11)14;/h3-4,7,9,15H,5-6,8H2,1-2H3;1H. The largest absolute Gasteiger partial charge is 0.337 e. The normalized spacial score (nSPS) is 17.9. The number of hydrogen-bond donors (Lipinski definition) is 1. The van der Waals surface area contributed by atoms with Crippen LogP contribution in [0, 0.1) is 0 Å². The van der Waals surface area contributed by atoms with Crippen LogP contribution in [0.25, 0.3) is 0 Å². The highest BCUT2D eigenvalue weighted by Crippen LogP contribution is 2.24. The average molecular weight is 321 g/mol. The quantitative estimate of drug-likeness (QED) is 0.869.